The maximum atomic E-state index is 14.2. The van der Waals surface area contributed by atoms with Crippen LogP contribution in [-0.4, -0.2) is 56.4 Å². The van der Waals surface area contributed by atoms with Crippen molar-refractivity contribution in [3.8, 4) is 22.6 Å². The van der Waals surface area contributed by atoms with Gasteiger partial charge in [-0.25, -0.2) is 8.42 Å². The van der Waals surface area contributed by atoms with Crippen molar-refractivity contribution >= 4 is 39.1 Å². The van der Waals surface area contributed by atoms with Gasteiger partial charge in [-0.1, -0.05) is 41.4 Å². The third-order valence-electron chi connectivity index (χ3n) is 8.14. The first-order valence-corrected chi connectivity index (χ1v) is 15.1. The Balaban J connectivity index is 1.41. The number of hydrogen-bond acceptors (Lipinski definition) is 5. The van der Waals surface area contributed by atoms with Crippen LogP contribution >= 0.6 is 23.2 Å². The number of fused-ring (bicyclic) bond motifs is 6. The number of methoxy groups -OCH3 is 2. The van der Waals surface area contributed by atoms with Gasteiger partial charge in [0.25, 0.3) is 0 Å². The number of nitrogens with zero attached hydrogens (tertiary/aromatic N) is 2. The topological polar surface area (TPSA) is 76.2 Å². The molecule has 2 fully saturated rings. The Labute approximate surface area is 238 Å². The van der Waals surface area contributed by atoms with E-state index >= 15 is 0 Å². The fourth-order valence-electron chi connectivity index (χ4n) is 6.36. The van der Waals surface area contributed by atoms with Crippen molar-refractivity contribution in [1.82, 2.24) is 9.21 Å². The Kier molecular flexibility index (Phi) is 6.78. The lowest BCUT2D eigenvalue weighted by Gasteiger charge is -2.54. The van der Waals surface area contributed by atoms with Crippen LogP contribution in [0, 0.1) is 0 Å². The van der Waals surface area contributed by atoms with Gasteiger partial charge in [-0.3, -0.25) is 4.79 Å². The number of piperazine rings is 1. The Hall–Kier alpha value is -2.78. The third kappa shape index (κ3) is 4.29. The SMILES string of the molecule is COc1cc2c(c(OC)c1)C1C3CCCC(C(=O)N1CC2)N3S(=O)(=O)c1ccc(-c2ccc(Cl)c(Cl)c2)cc1. The molecule has 3 aromatic rings. The number of carbonyl (C=O) groups is 1. The second-order valence-corrected chi connectivity index (χ2v) is 12.8. The molecule has 2 saturated heterocycles. The molecule has 0 spiro atoms. The summed E-state index contributed by atoms with van der Waals surface area (Å²) in [6.07, 6.45) is 2.60. The first kappa shape index (κ1) is 26.4. The monoisotopic (exact) mass is 586 g/mol. The standard InChI is InChI=1S/C29H28Cl2N2O5S/c1-37-20-14-19-12-13-32-28(27(19)26(16-20)38-2)24-4-3-5-25(29(32)34)33(24)39(35,36)21-9-6-17(7-10-21)18-8-11-22(30)23(31)15-18/h6-11,14-16,24-25,28H,3-5,12-13H2,1-2H3. The lowest BCUT2D eigenvalue weighted by atomic mass is 9.79. The van der Waals surface area contributed by atoms with Crippen molar-refractivity contribution in [1.29, 1.82) is 0 Å². The molecule has 3 aliphatic rings. The highest BCUT2D eigenvalue weighted by atomic mass is 35.5. The predicted molar refractivity (Wildman–Crippen MR) is 150 cm³/mol. The number of rotatable bonds is 5. The van der Waals surface area contributed by atoms with E-state index in [1.165, 1.54) is 4.31 Å². The molecule has 39 heavy (non-hydrogen) atoms. The highest BCUT2D eigenvalue weighted by Gasteiger charge is 2.55. The van der Waals surface area contributed by atoms with Crippen molar-refractivity contribution in [2.45, 2.75) is 48.7 Å². The van der Waals surface area contributed by atoms with Crippen LogP contribution in [-0.2, 0) is 21.2 Å². The summed E-state index contributed by atoms with van der Waals surface area (Å²) in [5, 5.41) is 0.880. The molecule has 3 aliphatic heterocycles. The summed E-state index contributed by atoms with van der Waals surface area (Å²) in [5.74, 6) is 1.14. The molecule has 6 rings (SSSR count). The average molecular weight is 588 g/mol. The van der Waals surface area contributed by atoms with Crippen LogP contribution in [0.15, 0.2) is 59.5 Å². The van der Waals surface area contributed by atoms with Gasteiger partial charge in [0.1, 0.15) is 17.5 Å². The van der Waals surface area contributed by atoms with Crippen LogP contribution in [0.25, 0.3) is 11.1 Å². The molecule has 3 aromatic carbocycles. The van der Waals surface area contributed by atoms with Gasteiger partial charge in [-0.15, -0.1) is 0 Å². The zero-order valence-electron chi connectivity index (χ0n) is 21.6. The van der Waals surface area contributed by atoms with E-state index in [4.69, 9.17) is 32.7 Å². The van der Waals surface area contributed by atoms with Crippen molar-refractivity contribution in [2.24, 2.45) is 0 Å². The highest BCUT2D eigenvalue weighted by molar-refractivity contribution is 7.89. The Bertz CT molecular complexity index is 1540. The molecule has 3 unspecified atom stereocenters. The van der Waals surface area contributed by atoms with E-state index in [9.17, 15) is 13.2 Å². The van der Waals surface area contributed by atoms with Gasteiger partial charge < -0.3 is 14.4 Å². The van der Waals surface area contributed by atoms with Gasteiger partial charge in [-0.05, 0) is 72.7 Å². The number of hydrogen-bond donors (Lipinski definition) is 0. The second-order valence-electron chi connectivity index (χ2n) is 10.1. The van der Waals surface area contributed by atoms with Gasteiger partial charge in [0.05, 0.1) is 41.2 Å². The minimum Gasteiger partial charge on any atom is -0.497 e. The molecule has 7 nitrogen and oxygen atoms in total. The number of carbonyl (C=O) groups excluding carboxylic acids is 1. The fourth-order valence-corrected chi connectivity index (χ4v) is 8.49. The molecule has 3 atom stereocenters. The summed E-state index contributed by atoms with van der Waals surface area (Å²) in [6, 6.07) is 14.2. The van der Waals surface area contributed by atoms with Crippen molar-refractivity contribution in [2.75, 3.05) is 20.8 Å². The number of ether oxygens (including phenoxy) is 2. The van der Waals surface area contributed by atoms with Crippen LogP contribution in [0.5, 0.6) is 11.5 Å². The van der Waals surface area contributed by atoms with Crippen LogP contribution in [0.1, 0.15) is 36.4 Å². The summed E-state index contributed by atoms with van der Waals surface area (Å²) < 4.78 is 41.1. The minimum absolute atomic E-state index is 0.143. The zero-order chi connectivity index (χ0) is 27.5. The molecular formula is C29H28Cl2N2O5S. The number of piperidine rings is 1. The third-order valence-corrected chi connectivity index (χ3v) is 10.8. The smallest absolute Gasteiger partial charge is 0.244 e. The van der Waals surface area contributed by atoms with Gasteiger partial charge in [-0.2, -0.15) is 4.31 Å². The maximum absolute atomic E-state index is 14.2. The summed E-state index contributed by atoms with van der Waals surface area (Å²) in [4.78, 5) is 15.8. The zero-order valence-corrected chi connectivity index (χ0v) is 23.9. The molecule has 2 bridgehead atoms. The van der Waals surface area contributed by atoms with Gasteiger partial charge in [0.15, 0.2) is 0 Å². The van der Waals surface area contributed by atoms with Crippen LogP contribution in [0.3, 0.4) is 0 Å². The normalized spacial score (nSPS) is 22.7. The molecular weight excluding hydrogens is 559 g/mol. The van der Waals surface area contributed by atoms with Crippen LogP contribution < -0.4 is 9.47 Å². The summed E-state index contributed by atoms with van der Waals surface area (Å²) in [7, 11) is -0.786. The van der Waals surface area contributed by atoms with Gasteiger partial charge in [0.2, 0.25) is 15.9 Å². The minimum atomic E-state index is -3.98. The van der Waals surface area contributed by atoms with E-state index in [2.05, 4.69) is 0 Å². The number of halogens is 2. The second kappa shape index (κ2) is 10.0. The van der Waals surface area contributed by atoms with E-state index in [1.54, 1.807) is 50.6 Å². The number of sulfonamides is 1. The molecule has 0 aromatic heterocycles. The first-order valence-electron chi connectivity index (χ1n) is 12.9. The Morgan fingerprint density at radius 2 is 1.64 bits per heavy atom. The van der Waals surface area contributed by atoms with Crippen molar-refractivity contribution in [3.05, 3.63) is 75.8 Å². The first-order chi connectivity index (χ1) is 18.7. The maximum Gasteiger partial charge on any atom is 0.244 e. The molecule has 0 saturated carbocycles. The lowest BCUT2D eigenvalue weighted by molar-refractivity contribution is -0.150. The van der Waals surface area contributed by atoms with E-state index in [1.807, 2.05) is 23.1 Å². The van der Waals surface area contributed by atoms with Crippen molar-refractivity contribution < 1.29 is 22.7 Å². The molecule has 0 aliphatic carbocycles. The molecule has 0 N–H and O–H groups in total. The van der Waals surface area contributed by atoms with Crippen LogP contribution in [0.4, 0.5) is 0 Å². The largest absolute Gasteiger partial charge is 0.497 e. The Morgan fingerprint density at radius 1 is 0.897 bits per heavy atom. The fraction of sp³-hybridized carbons (Fsp3) is 0.345. The van der Waals surface area contributed by atoms with Gasteiger partial charge >= 0.3 is 0 Å². The summed E-state index contributed by atoms with van der Waals surface area (Å²) in [5.41, 5.74) is 3.54. The lowest BCUT2D eigenvalue weighted by Crippen LogP contribution is -2.67. The molecule has 0 radical (unpaired) electrons. The number of benzene rings is 3. The van der Waals surface area contributed by atoms with Gasteiger partial charge in [0, 0.05) is 18.2 Å². The van der Waals surface area contributed by atoms with E-state index in [0.717, 1.165) is 28.7 Å². The quantitative estimate of drug-likeness (QED) is 0.381. The molecule has 1 amide bonds. The summed E-state index contributed by atoms with van der Waals surface area (Å²) in [6.45, 7) is 0.534. The summed E-state index contributed by atoms with van der Waals surface area (Å²) >= 11 is 12.2. The van der Waals surface area contributed by atoms with E-state index in [-0.39, 0.29) is 10.8 Å². The highest BCUT2D eigenvalue weighted by Crippen LogP contribution is 2.49. The Morgan fingerprint density at radius 3 is 2.33 bits per heavy atom. The average Bonchev–Trinajstić information content (AvgIpc) is 2.96. The predicted octanol–water partition coefficient (Wildman–Crippen LogP) is 5.73. The molecule has 204 valence electrons. The van der Waals surface area contributed by atoms with Crippen LogP contribution in [0.2, 0.25) is 10.0 Å². The van der Waals surface area contributed by atoms with E-state index < -0.39 is 28.1 Å². The molecule has 10 heteroatoms. The molecule has 3 heterocycles. The number of amides is 1. The van der Waals surface area contributed by atoms with Crippen molar-refractivity contribution in [3.63, 3.8) is 0 Å². The van der Waals surface area contributed by atoms with E-state index in [0.29, 0.717) is 47.4 Å².